The molecule has 34 heavy (non-hydrogen) atoms. The Balaban J connectivity index is 1.26. The first-order valence-corrected chi connectivity index (χ1v) is 12.3. The molecule has 0 saturated carbocycles. The molecule has 0 bridgehead atoms. The summed E-state index contributed by atoms with van der Waals surface area (Å²) >= 11 is 0. The fraction of sp³-hybridized carbons (Fsp3) is 0.500. The molecule has 4 rings (SSSR count). The van der Waals surface area contributed by atoms with Gasteiger partial charge >= 0.3 is 5.97 Å². The van der Waals surface area contributed by atoms with E-state index in [0.29, 0.717) is 6.54 Å². The third-order valence-corrected chi connectivity index (χ3v) is 6.93. The van der Waals surface area contributed by atoms with Crippen LogP contribution in [0.2, 0.25) is 0 Å². The molecule has 3 heterocycles. The molecule has 1 amide bonds. The average Bonchev–Trinajstić information content (AvgIpc) is 2.89. The van der Waals surface area contributed by atoms with E-state index in [1.54, 1.807) is 12.4 Å². The molecule has 0 radical (unpaired) electrons. The SMILES string of the molecule is O=C(O)CCN(CCc1ccccc1)N1CCC(C(=O)N2CCN(c3ccncc3)CC2)CC1. The maximum absolute atomic E-state index is 13.2. The first-order valence-electron chi connectivity index (χ1n) is 12.3. The average molecular weight is 466 g/mol. The van der Waals surface area contributed by atoms with Crippen LogP contribution in [0.25, 0.3) is 0 Å². The number of hydrogen-bond acceptors (Lipinski definition) is 6. The van der Waals surface area contributed by atoms with Crippen LogP contribution >= 0.6 is 0 Å². The Morgan fingerprint density at radius 2 is 1.59 bits per heavy atom. The largest absolute Gasteiger partial charge is 0.481 e. The third kappa shape index (κ3) is 6.55. The van der Waals surface area contributed by atoms with Crippen molar-refractivity contribution < 1.29 is 14.7 Å². The topological polar surface area (TPSA) is 80.2 Å². The summed E-state index contributed by atoms with van der Waals surface area (Å²) in [6, 6.07) is 14.3. The number of pyridine rings is 1. The predicted molar refractivity (Wildman–Crippen MR) is 131 cm³/mol. The number of rotatable bonds is 9. The summed E-state index contributed by atoms with van der Waals surface area (Å²) in [6.07, 6.45) is 6.24. The van der Waals surface area contributed by atoms with Crippen molar-refractivity contribution in [3.05, 3.63) is 60.4 Å². The Labute approximate surface area is 201 Å². The number of aliphatic carboxylic acids is 1. The molecule has 1 aromatic carbocycles. The Kier molecular flexibility index (Phi) is 8.49. The minimum Gasteiger partial charge on any atom is -0.481 e. The summed E-state index contributed by atoms with van der Waals surface area (Å²) < 4.78 is 0. The second-order valence-electron chi connectivity index (χ2n) is 9.08. The van der Waals surface area contributed by atoms with Gasteiger partial charge in [0.25, 0.3) is 0 Å². The molecule has 2 aliphatic rings. The fourth-order valence-corrected chi connectivity index (χ4v) is 4.92. The monoisotopic (exact) mass is 465 g/mol. The zero-order chi connectivity index (χ0) is 23.8. The third-order valence-electron chi connectivity index (χ3n) is 6.93. The molecule has 1 N–H and O–H groups in total. The van der Waals surface area contributed by atoms with Crippen molar-refractivity contribution in [3.8, 4) is 0 Å². The van der Waals surface area contributed by atoms with Crippen LogP contribution in [0.3, 0.4) is 0 Å². The fourth-order valence-electron chi connectivity index (χ4n) is 4.92. The lowest BCUT2D eigenvalue weighted by Gasteiger charge is -2.42. The van der Waals surface area contributed by atoms with Crippen LogP contribution in [0.4, 0.5) is 5.69 Å². The van der Waals surface area contributed by atoms with Crippen LogP contribution in [-0.4, -0.2) is 89.2 Å². The van der Waals surface area contributed by atoms with Crippen LogP contribution in [0.5, 0.6) is 0 Å². The summed E-state index contributed by atoms with van der Waals surface area (Å²) in [6.45, 7) is 6.06. The highest BCUT2D eigenvalue weighted by atomic mass is 16.4. The summed E-state index contributed by atoms with van der Waals surface area (Å²) in [5.41, 5.74) is 2.41. The maximum atomic E-state index is 13.2. The van der Waals surface area contributed by atoms with E-state index in [0.717, 1.165) is 70.8 Å². The molecule has 2 aliphatic heterocycles. The van der Waals surface area contributed by atoms with Gasteiger partial charge in [0.15, 0.2) is 0 Å². The van der Waals surface area contributed by atoms with Gasteiger partial charge in [0, 0.05) is 76.4 Å². The maximum Gasteiger partial charge on any atom is 0.304 e. The summed E-state index contributed by atoms with van der Waals surface area (Å²) in [4.78, 5) is 32.8. The number of carboxylic acids is 1. The van der Waals surface area contributed by atoms with Crippen molar-refractivity contribution in [2.45, 2.75) is 25.7 Å². The molecule has 0 unspecified atom stereocenters. The number of piperazine rings is 1. The van der Waals surface area contributed by atoms with E-state index >= 15 is 0 Å². The first-order chi connectivity index (χ1) is 16.6. The number of anilines is 1. The van der Waals surface area contributed by atoms with E-state index in [2.05, 4.69) is 32.0 Å². The van der Waals surface area contributed by atoms with Gasteiger partial charge in [-0.3, -0.25) is 14.6 Å². The number of hydrogen-bond donors (Lipinski definition) is 1. The van der Waals surface area contributed by atoms with E-state index < -0.39 is 5.97 Å². The number of amides is 1. The van der Waals surface area contributed by atoms with Crippen molar-refractivity contribution in [2.24, 2.45) is 5.92 Å². The quantitative estimate of drug-likeness (QED) is 0.609. The van der Waals surface area contributed by atoms with Gasteiger partial charge in [0.2, 0.25) is 5.91 Å². The number of carboxylic acid groups (broad SMARTS) is 1. The minimum absolute atomic E-state index is 0.0548. The molecule has 182 valence electrons. The number of carbonyl (C=O) groups excluding carboxylic acids is 1. The summed E-state index contributed by atoms with van der Waals surface area (Å²) in [5.74, 6) is -0.449. The van der Waals surface area contributed by atoms with E-state index in [1.807, 2.05) is 35.2 Å². The van der Waals surface area contributed by atoms with Crippen molar-refractivity contribution >= 4 is 17.6 Å². The number of piperidine rings is 1. The van der Waals surface area contributed by atoms with Crippen molar-refractivity contribution in [3.63, 3.8) is 0 Å². The van der Waals surface area contributed by atoms with Gasteiger partial charge in [-0.05, 0) is 37.0 Å². The molecule has 1 aromatic heterocycles. The van der Waals surface area contributed by atoms with Gasteiger partial charge in [0.05, 0.1) is 6.42 Å². The summed E-state index contributed by atoms with van der Waals surface area (Å²) in [5, 5.41) is 13.6. The Morgan fingerprint density at radius 1 is 0.912 bits per heavy atom. The molecule has 0 atom stereocenters. The number of aromatic nitrogens is 1. The van der Waals surface area contributed by atoms with Gasteiger partial charge in [-0.1, -0.05) is 30.3 Å². The first kappa shape index (κ1) is 24.2. The zero-order valence-electron chi connectivity index (χ0n) is 19.8. The lowest BCUT2D eigenvalue weighted by molar-refractivity contribution is -0.141. The van der Waals surface area contributed by atoms with Crippen LogP contribution < -0.4 is 4.90 Å². The lowest BCUT2D eigenvalue weighted by atomic mass is 9.95. The smallest absolute Gasteiger partial charge is 0.304 e. The van der Waals surface area contributed by atoms with Crippen LogP contribution in [0.15, 0.2) is 54.9 Å². The van der Waals surface area contributed by atoms with E-state index in [4.69, 9.17) is 0 Å². The normalized spacial score (nSPS) is 17.8. The highest BCUT2D eigenvalue weighted by molar-refractivity contribution is 5.79. The van der Waals surface area contributed by atoms with Crippen LogP contribution in [0.1, 0.15) is 24.8 Å². The highest BCUT2D eigenvalue weighted by Crippen LogP contribution is 2.23. The molecular weight excluding hydrogens is 430 g/mol. The Bertz CT molecular complexity index is 911. The molecule has 2 saturated heterocycles. The molecule has 2 fully saturated rings. The zero-order valence-corrected chi connectivity index (χ0v) is 19.8. The van der Waals surface area contributed by atoms with Gasteiger partial charge in [0.1, 0.15) is 0 Å². The number of benzene rings is 1. The second kappa shape index (κ2) is 11.9. The predicted octanol–water partition coefficient (Wildman–Crippen LogP) is 2.38. The van der Waals surface area contributed by atoms with E-state index in [9.17, 15) is 14.7 Å². The molecular formula is C26H35N5O3. The number of nitrogens with zero attached hydrogens (tertiary/aromatic N) is 5. The minimum atomic E-state index is -0.777. The van der Waals surface area contributed by atoms with Gasteiger partial charge < -0.3 is 14.9 Å². The molecule has 2 aromatic rings. The molecule has 0 aliphatic carbocycles. The summed E-state index contributed by atoms with van der Waals surface area (Å²) in [7, 11) is 0. The Hall–Kier alpha value is -2.97. The van der Waals surface area contributed by atoms with Crippen molar-refractivity contribution in [1.29, 1.82) is 0 Å². The number of carbonyl (C=O) groups is 2. The molecule has 8 heteroatoms. The van der Waals surface area contributed by atoms with Crippen molar-refractivity contribution in [2.75, 3.05) is 57.3 Å². The highest BCUT2D eigenvalue weighted by Gasteiger charge is 2.32. The van der Waals surface area contributed by atoms with E-state index in [-0.39, 0.29) is 18.2 Å². The lowest BCUT2D eigenvalue weighted by Crippen LogP contribution is -2.53. The van der Waals surface area contributed by atoms with Gasteiger partial charge in [-0.2, -0.15) is 0 Å². The van der Waals surface area contributed by atoms with E-state index in [1.165, 1.54) is 5.56 Å². The molecule has 0 spiro atoms. The molecule has 8 nitrogen and oxygen atoms in total. The van der Waals surface area contributed by atoms with Crippen molar-refractivity contribution in [1.82, 2.24) is 19.9 Å². The van der Waals surface area contributed by atoms with Gasteiger partial charge in [-0.15, -0.1) is 0 Å². The van der Waals surface area contributed by atoms with Gasteiger partial charge in [-0.25, -0.2) is 10.0 Å². The van der Waals surface area contributed by atoms with Crippen LogP contribution in [-0.2, 0) is 16.0 Å². The Morgan fingerprint density at radius 3 is 2.24 bits per heavy atom. The standard InChI is InChI=1S/C26H35N5O3/c32-25(33)11-17-30(14-8-22-4-2-1-3-5-22)31-15-9-23(10-16-31)26(34)29-20-18-28(19-21-29)24-6-12-27-13-7-24/h1-7,12-13,23H,8-11,14-21H2,(H,32,33). The van der Waals surface area contributed by atoms with Crippen LogP contribution in [0, 0.1) is 5.92 Å². The second-order valence-corrected chi connectivity index (χ2v) is 9.08. The number of hydrazine groups is 1.